The second kappa shape index (κ2) is 6.97. The van der Waals surface area contributed by atoms with E-state index < -0.39 is 10.0 Å². The van der Waals surface area contributed by atoms with E-state index in [1.165, 1.54) is 26.4 Å². The van der Waals surface area contributed by atoms with E-state index >= 15 is 0 Å². The lowest BCUT2D eigenvalue weighted by Crippen LogP contribution is -2.28. The molecule has 0 saturated heterocycles. The Morgan fingerprint density at radius 2 is 1.96 bits per heavy atom. The smallest absolute Gasteiger partial charge is 0.256 e. The summed E-state index contributed by atoms with van der Waals surface area (Å²) in [4.78, 5) is 22.7. The van der Waals surface area contributed by atoms with Gasteiger partial charge in [-0.05, 0) is 36.3 Å². The quantitative estimate of drug-likeness (QED) is 0.797. The average molecular weight is 372 g/mol. The van der Waals surface area contributed by atoms with Crippen molar-refractivity contribution in [3.8, 4) is 0 Å². The zero-order valence-electron chi connectivity index (χ0n) is 14.9. The summed E-state index contributed by atoms with van der Waals surface area (Å²) in [5, 5.41) is 0. The van der Waals surface area contributed by atoms with Crippen molar-refractivity contribution in [3.63, 3.8) is 0 Å². The lowest BCUT2D eigenvalue weighted by molar-refractivity contribution is -0.114. The summed E-state index contributed by atoms with van der Waals surface area (Å²) in [5.74, 6) is 0.329. The van der Waals surface area contributed by atoms with Gasteiger partial charge in [-0.2, -0.15) is 0 Å². The summed E-state index contributed by atoms with van der Waals surface area (Å²) in [6.07, 6.45) is 5.24. The van der Waals surface area contributed by atoms with Crippen molar-refractivity contribution < 1.29 is 13.2 Å². The number of pyridine rings is 2. The monoisotopic (exact) mass is 372 g/mol. The number of anilines is 1. The number of carbonyl (C=O) groups excluding carboxylic acids is 1. The molecule has 1 amide bonds. The molecule has 7 nitrogen and oxygen atoms in total. The number of rotatable bonds is 5. The van der Waals surface area contributed by atoms with Crippen LogP contribution in [0.2, 0.25) is 0 Å². The first-order valence-corrected chi connectivity index (χ1v) is 9.52. The van der Waals surface area contributed by atoms with Gasteiger partial charge in [-0.25, -0.2) is 17.7 Å². The van der Waals surface area contributed by atoms with Crippen LogP contribution in [0, 0.1) is 0 Å². The second-order valence-corrected chi connectivity index (χ2v) is 8.48. The molecule has 3 heterocycles. The van der Waals surface area contributed by atoms with Crippen LogP contribution in [-0.4, -0.2) is 49.2 Å². The number of aromatic nitrogens is 2. The number of amides is 1. The molecule has 26 heavy (non-hydrogen) atoms. The Hall–Kier alpha value is -2.58. The number of hydrogen-bond acceptors (Lipinski definition) is 5. The molecular weight excluding hydrogens is 352 g/mol. The Morgan fingerprint density at radius 3 is 2.54 bits per heavy atom. The second-order valence-electron chi connectivity index (χ2n) is 6.33. The molecule has 0 radical (unpaired) electrons. The van der Waals surface area contributed by atoms with Crippen molar-refractivity contribution in [1.82, 2.24) is 14.3 Å². The van der Waals surface area contributed by atoms with Gasteiger partial charge in [0.1, 0.15) is 10.7 Å². The van der Waals surface area contributed by atoms with Gasteiger partial charge < -0.3 is 0 Å². The third-order valence-electron chi connectivity index (χ3n) is 4.29. The molecule has 3 rings (SSSR count). The maximum Gasteiger partial charge on any atom is 0.256 e. The molecule has 8 heteroatoms. The van der Waals surface area contributed by atoms with Gasteiger partial charge >= 0.3 is 0 Å². The topological polar surface area (TPSA) is 83.5 Å². The van der Waals surface area contributed by atoms with E-state index in [1.807, 2.05) is 19.1 Å². The van der Waals surface area contributed by atoms with Crippen LogP contribution < -0.4 is 4.90 Å². The van der Waals surface area contributed by atoms with Crippen LogP contribution in [0.1, 0.15) is 12.5 Å². The SMILES string of the molecule is CC1=C(Cc2cccnc2)C(=O)N(c2ccc(S(=O)(=O)N(C)C)cn2)C1. The van der Waals surface area contributed by atoms with Gasteiger partial charge in [0.05, 0.1) is 0 Å². The van der Waals surface area contributed by atoms with Crippen LogP contribution >= 0.6 is 0 Å². The van der Waals surface area contributed by atoms with E-state index in [0.29, 0.717) is 18.8 Å². The summed E-state index contributed by atoms with van der Waals surface area (Å²) in [5.41, 5.74) is 2.67. The largest absolute Gasteiger partial charge is 0.289 e. The summed E-state index contributed by atoms with van der Waals surface area (Å²) in [6, 6.07) is 6.81. The van der Waals surface area contributed by atoms with Crippen LogP contribution in [0.15, 0.2) is 58.9 Å². The fourth-order valence-electron chi connectivity index (χ4n) is 2.76. The van der Waals surface area contributed by atoms with E-state index in [0.717, 1.165) is 21.0 Å². The standard InChI is InChI=1S/C18H20N4O3S/c1-13-12-22(18(23)16(13)9-14-5-4-8-19-10-14)17-7-6-15(11-20-17)26(24,25)21(2)3/h4-8,10-11H,9,12H2,1-3H3. The Bertz CT molecular complexity index is 952. The molecule has 0 N–H and O–H groups in total. The molecule has 0 aromatic carbocycles. The Kier molecular flexibility index (Phi) is 4.88. The predicted molar refractivity (Wildman–Crippen MR) is 98.1 cm³/mol. The van der Waals surface area contributed by atoms with Crippen LogP contribution in [0.5, 0.6) is 0 Å². The third-order valence-corrected chi connectivity index (χ3v) is 6.09. The number of hydrogen-bond donors (Lipinski definition) is 0. The number of sulfonamides is 1. The number of nitrogens with zero attached hydrogens (tertiary/aromatic N) is 4. The molecule has 0 aliphatic carbocycles. The fraction of sp³-hybridized carbons (Fsp3) is 0.278. The van der Waals surface area contributed by atoms with E-state index in [-0.39, 0.29) is 10.8 Å². The van der Waals surface area contributed by atoms with E-state index in [9.17, 15) is 13.2 Å². The van der Waals surface area contributed by atoms with Crippen LogP contribution in [0.3, 0.4) is 0 Å². The van der Waals surface area contributed by atoms with Crippen LogP contribution in [0.4, 0.5) is 5.82 Å². The molecule has 0 fully saturated rings. The van der Waals surface area contributed by atoms with Crippen molar-refractivity contribution in [2.75, 3.05) is 25.5 Å². The van der Waals surface area contributed by atoms with E-state index in [4.69, 9.17) is 0 Å². The lowest BCUT2D eigenvalue weighted by atomic mass is 10.0. The van der Waals surface area contributed by atoms with Crippen LogP contribution in [-0.2, 0) is 21.2 Å². The van der Waals surface area contributed by atoms with Gasteiger partial charge in [0.25, 0.3) is 5.91 Å². The average Bonchev–Trinajstić information content (AvgIpc) is 2.91. The first-order valence-electron chi connectivity index (χ1n) is 8.08. The Morgan fingerprint density at radius 1 is 1.19 bits per heavy atom. The van der Waals surface area contributed by atoms with Gasteiger partial charge in [-0.3, -0.25) is 14.7 Å². The molecule has 0 bridgehead atoms. The van der Waals surface area contributed by atoms with Gasteiger partial charge in [0.2, 0.25) is 10.0 Å². The predicted octanol–water partition coefficient (Wildman–Crippen LogP) is 1.63. The van der Waals surface area contributed by atoms with E-state index in [1.54, 1.807) is 23.4 Å². The summed E-state index contributed by atoms with van der Waals surface area (Å²) in [6.45, 7) is 2.37. The summed E-state index contributed by atoms with van der Waals surface area (Å²) in [7, 11) is -0.616. The maximum absolute atomic E-state index is 12.8. The van der Waals surface area contributed by atoms with Crippen molar-refractivity contribution >= 4 is 21.7 Å². The molecule has 1 aliphatic heterocycles. The summed E-state index contributed by atoms with van der Waals surface area (Å²) >= 11 is 0. The molecule has 2 aromatic rings. The highest BCUT2D eigenvalue weighted by Crippen LogP contribution is 2.27. The molecule has 0 unspecified atom stereocenters. The van der Waals surface area contributed by atoms with Crippen molar-refractivity contribution in [3.05, 3.63) is 59.6 Å². The zero-order valence-corrected chi connectivity index (χ0v) is 15.7. The summed E-state index contributed by atoms with van der Waals surface area (Å²) < 4.78 is 25.4. The molecule has 1 aliphatic rings. The molecule has 2 aromatic heterocycles. The maximum atomic E-state index is 12.8. The molecule has 0 spiro atoms. The van der Waals surface area contributed by atoms with E-state index in [2.05, 4.69) is 9.97 Å². The minimum atomic E-state index is -3.54. The Balaban J connectivity index is 1.81. The lowest BCUT2D eigenvalue weighted by Gasteiger charge is -2.17. The van der Waals surface area contributed by atoms with Gasteiger partial charge in [0.15, 0.2) is 0 Å². The van der Waals surface area contributed by atoms with Crippen LogP contribution in [0.25, 0.3) is 0 Å². The van der Waals surface area contributed by atoms with Crippen molar-refractivity contribution in [2.45, 2.75) is 18.2 Å². The normalized spacial score (nSPS) is 15.2. The van der Waals surface area contributed by atoms with Crippen molar-refractivity contribution in [1.29, 1.82) is 0 Å². The highest BCUT2D eigenvalue weighted by molar-refractivity contribution is 7.89. The first kappa shape index (κ1) is 18.2. The zero-order chi connectivity index (χ0) is 18.9. The van der Waals surface area contributed by atoms with Gasteiger partial charge in [-0.15, -0.1) is 0 Å². The number of carbonyl (C=O) groups is 1. The highest BCUT2D eigenvalue weighted by atomic mass is 32.2. The van der Waals surface area contributed by atoms with Gasteiger partial charge in [0, 0.05) is 51.2 Å². The Labute approximate surface area is 153 Å². The molecule has 0 atom stereocenters. The third kappa shape index (κ3) is 3.38. The molecule has 0 saturated carbocycles. The minimum absolute atomic E-state index is 0.0955. The minimum Gasteiger partial charge on any atom is -0.289 e. The highest BCUT2D eigenvalue weighted by Gasteiger charge is 2.30. The fourth-order valence-corrected chi connectivity index (χ4v) is 3.61. The van der Waals surface area contributed by atoms with Gasteiger partial charge in [-0.1, -0.05) is 6.07 Å². The van der Waals surface area contributed by atoms with Crippen molar-refractivity contribution in [2.24, 2.45) is 0 Å². The first-order chi connectivity index (χ1) is 12.3. The molecule has 136 valence electrons. The molecular formula is C18H20N4O3S.